The highest BCUT2D eigenvalue weighted by Crippen LogP contribution is 2.29. The number of nitrogens with zero attached hydrogens (tertiary/aromatic N) is 2. The molecule has 19 heavy (non-hydrogen) atoms. The molecule has 3 nitrogen and oxygen atoms in total. The molecule has 0 spiro atoms. The van der Waals surface area contributed by atoms with Gasteiger partial charge in [0.15, 0.2) is 0 Å². The van der Waals surface area contributed by atoms with Gasteiger partial charge in [0.1, 0.15) is 0 Å². The Labute approximate surface area is 122 Å². The van der Waals surface area contributed by atoms with Gasteiger partial charge >= 0.3 is 0 Å². The van der Waals surface area contributed by atoms with Gasteiger partial charge in [-0.1, -0.05) is 51.9 Å². The Kier molecular flexibility index (Phi) is 7.54. The van der Waals surface area contributed by atoms with Crippen LogP contribution in [-0.4, -0.2) is 16.1 Å². The van der Waals surface area contributed by atoms with Crippen LogP contribution in [0.4, 0.5) is 0 Å². The van der Waals surface area contributed by atoms with Gasteiger partial charge in [-0.15, -0.1) is 5.10 Å². The number of rotatable bonds is 9. The SMILES string of the molecule is CCCNC(CCCC(C)C)c1snnc1C(C)C. The summed E-state index contributed by atoms with van der Waals surface area (Å²) < 4.78 is 4.17. The second-order valence-corrected chi connectivity index (χ2v) is 6.79. The molecule has 1 rings (SSSR count). The Hall–Kier alpha value is -0.480. The van der Waals surface area contributed by atoms with Crippen LogP contribution >= 0.6 is 11.5 Å². The lowest BCUT2D eigenvalue weighted by molar-refractivity contribution is 0.448. The van der Waals surface area contributed by atoms with Gasteiger partial charge in [0, 0.05) is 6.04 Å². The van der Waals surface area contributed by atoms with E-state index in [0.717, 1.165) is 12.5 Å². The predicted molar refractivity (Wildman–Crippen MR) is 83.7 cm³/mol. The molecule has 0 fully saturated rings. The lowest BCUT2D eigenvalue weighted by atomic mass is 9.99. The summed E-state index contributed by atoms with van der Waals surface area (Å²) in [5, 5.41) is 7.99. The van der Waals surface area contributed by atoms with Gasteiger partial charge in [0.25, 0.3) is 0 Å². The molecule has 4 heteroatoms. The zero-order valence-corrected chi connectivity index (χ0v) is 13.9. The van der Waals surface area contributed by atoms with Crippen LogP contribution in [-0.2, 0) is 0 Å². The maximum absolute atomic E-state index is 4.32. The molecule has 0 bridgehead atoms. The van der Waals surface area contributed by atoms with Crippen molar-refractivity contribution >= 4 is 11.5 Å². The normalized spacial score (nSPS) is 13.4. The highest BCUT2D eigenvalue weighted by molar-refractivity contribution is 7.05. The van der Waals surface area contributed by atoms with E-state index < -0.39 is 0 Å². The molecule has 0 amide bonds. The first-order valence-electron chi connectivity index (χ1n) is 7.61. The minimum Gasteiger partial charge on any atom is -0.309 e. The summed E-state index contributed by atoms with van der Waals surface area (Å²) in [6.07, 6.45) is 4.94. The van der Waals surface area contributed by atoms with Crippen LogP contribution in [0, 0.1) is 5.92 Å². The molecule has 1 unspecified atom stereocenters. The van der Waals surface area contributed by atoms with E-state index in [4.69, 9.17) is 0 Å². The minimum absolute atomic E-state index is 0.441. The Balaban J connectivity index is 2.68. The van der Waals surface area contributed by atoms with Crippen LogP contribution in [0.5, 0.6) is 0 Å². The maximum Gasteiger partial charge on any atom is 0.0829 e. The molecule has 1 atom stereocenters. The third-order valence-corrected chi connectivity index (χ3v) is 4.17. The number of aromatic nitrogens is 2. The fraction of sp³-hybridized carbons (Fsp3) is 0.867. The van der Waals surface area contributed by atoms with Crippen molar-refractivity contribution in [3.05, 3.63) is 10.6 Å². The third kappa shape index (κ3) is 5.57. The zero-order chi connectivity index (χ0) is 14.3. The molecule has 1 heterocycles. The van der Waals surface area contributed by atoms with Crippen molar-refractivity contribution in [2.24, 2.45) is 5.92 Å². The molecule has 110 valence electrons. The van der Waals surface area contributed by atoms with E-state index in [0.29, 0.717) is 12.0 Å². The van der Waals surface area contributed by atoms with Crippen molar-refractivity contribution in [3.8, 4) is 0 Å². The van der Waals surface area contributed by atoms with Gasteiger partial charge in [-0.2, -0.15) is 0 Å². The van der Waals surface area contributed by atoms with Gasteiger partial charge in [-0.05, 0) is 42.8 Å². The average Bonchev–Trinajstić information content (AvgIpc) is 2.82. The summed E-state index contributed by atoms with van der Waals surface area (Å²) in [4.78, 5) is 1.35. The minimum atomic E-state index is 0.441. The van der Waals surface area contributed by atoms with Crippen LogP contribution in [0.15, 0.2) is 0 Å². The van der Waals surface area contributed by atoms with Crippen molar-refractivity contribution < 1.29 is 0 Å². The van der Waals surface area contributed by atoms with Gasteiger partial charge in [-0.3, -0.25) is 0 Å². The van der Waals surface area contributed by atoms with Gasteiger partial charge in [-0.25, -0.2) is 0 Å². The number of nitrogens with one attached hydrogen (secondary N) is 1. The molecule has 0 aliphatic carbocycles. The quantitative estimate of drug-likeness (QED) is 0.723. The van der Waals surface area contributed by atoms with Gasteiger partial charge < -0.3 is 5.32 Å². The Morgan fingerprint density at radius 2 is 1.89 bits per heavy atom. The molecule has 0 aliphatic rings. The first kappa shape index (κ1) is 16.6. The standard InChI is InChI=1S/C15H29N3S/c1-6-10-16-13(9-7-8-11(2)3)15-14(12(4)5)17-18-19-15/h11-13,16H,6-10H2,1-5H3. The average molecular weight is 283 g/mol. The van der Waals surface area contributed by atoms with E-state index in [-0.39, 0.29) is 0 Å². The van der Waals surface area contributed by atoms with Gasteiger partial charge in [0.2, 0.25) is 0 Å². The van der Waals surface area contributed by atoms with Crippen molar-refractivity contribution in [1.82, 2.24) is 14.9 Å². The van der Waals surface area contributed by atoms with Crippen molar-refractivity contribution in [1.29, 1.82) is 0 Å². The zero-order valence-electron chi connectivity index (χ0n) is 13.1. The van der Waals surface area contributed by atoms with Crippen molar-refractivity contribution in [3.63, 3.8) is 0 Å². The van der Waals surface area contributed by atoms with E-state index in [9.17, 15) is 0 Å². The van der Waals surface area contributed by atoms with E-state index in [1.165, 1.54) is 36.3 Å². The molecular weight excluding hydrogens is 254 g/mol. The highest BCUT2D eigenvalue weighted by Gasteiger charge is 2.20. The second kappa shape index (κ2) is 8.64. The lowest BCUT2D eigenvalue weighted by Crippen LogP contribution is -2.22. The smallest absolute Gasteiger partial charge is 0.0829 e. The summed E-state index contributed by atoms with van der Waals surface area (Å²) in [6, 6.07) is 0.441. The van der Waals surface area contributed by atoms with Gasteiger partial charge in [0.05, 0.1) is 10.6 Å². The fourth-order valence-electron chi connectivity index (χ4n) is 2.22. The molecule has 1 N–H and O–H groups in total. The monoisotopic (exact) mass is 283 g/mol. The molecule has 0 aliphatic heterocycles. The number of hydrogen-bond acceptors (Lipinski definition) is 4. The second-order valence-electron chi connectivity index (χ2n) is 6.01. The third-order valence-electron chi connectivity index (χ3n) is 3.32. The molecule has 1 aromatic heterocycles. The van der Waals surface area contributed by atoms with Crippen LogP contribution < -0.4 is 5.32 Å². The summed E-state index contributed by atoms with van der Waals surface area (Å²) in [5.41, 5.74) is 1.18. The molecule has 0 saturated heterocycles. The van der Waals surface area contributed by atoms with E-state index in [1.807, 2.05) is 0 Å². The predicted octanol–water partition coefficient (Wildman–Crippen LogP) is 4.53. The molecule has 0 radical (unpaired) electrons. The topological polar surface area (TPSA) is 37.8 Å². The Bertz CT molecular complexity index is 347. The molecule has 1 aromatic rings. The Morgan fingerprint density at radius 3 is 2.47 bits per heavy atom. The molecule has 0 aromatic carbocycles. The van der Waals surface area contributed by atoms with Crippen LogP contribution in [0.1, 0.15) is 82.8 Å². The first-order valence-corrected chi connectivity index (χ1v) is 8.39. The van der Waals surface area contributed by atoms with Crippen LogP contribution in [0.25, 0.3) is 0 Å². The van der Waals surface area contributed by atoms with Crippen LogP contribution in [0.2, 0.25) is 0 Å². The molecular formula is C15H29N3S. The summed E-state index contributed by atoms with van der Waals surface area (Å²) in [5.74, 6) is 1.25. The van der Waals surface area contributed by atoms with E-state index >= 15 is 0 Å². The summed E-state index contributed by atoms with van der Waals surface area (Å²) in [7, 11) is 0. The van der Waals surface area contributed by atoms with Crippen LogP contribution in [0.3, 0.4) is 0 Å². The largest absolute Gasteiger partial charge is 0.309 e. The summed E-state index contributed by atoms with van der Waals surface area (Å²) >= 11 is 1.57. The van der Waals surface area contributed by atoms with Crippen molar-refractivity contribution in [2.45, 2.75) is 72.3 Å². The van der Waals surface area contributed by atoms with E-state index in [2.05, 4.69) is 49.5 Å². The lowest BCUT2D eigenvalue weighted by Gasteiger charge is -2.19. The van der Waals surface area contributed by atoms with Crippen molar-refractivity contribution in [2.75, 3.05) is 6.54 Å². The maximum atomic E-state index is 4.32. The summed E-state index contributed by atoms with van der Waals surface area (Å²) in [6.45, 7) is 12.3. The molecule has 0 saturated carbocycles. The fourth-order valence-corrected chi connectivity index (χ4v) is 3.14. The highest BCUT2D eigenvalue weighted by atomic mass is 32.1. The first-order chi connectivity index (χ1) is 9.06. The Morgan fingerprint density at radius 1 is 1.16 bits per heavy atom. The van der Waals surface area contributed by atoms with E-state index in [1.54, 1.807) is 11.5 Å². The number of hydrogen-bond donors (Lipinski definition) is 1.